The van der Waals surface area contributed by atoms with Crippen LogP contribution in [0.15, 0.2) is 29.3 Å². The van der Waals surface area contributed by atoms with Gasteiger partial charge in [-0.3, -0.25) is 9.59 Å². The number of anilines is 1. The Bertz CT molecular complexity index is 1360. The maximum Gasteiger partial charge on any atom is 0.256 e. The van der Waals surface area contributed by atoms with Crippen molar-refractivity contribution in [1.82, 2.24) is 9.80 Å². The third-order valence-corrected chi connectivity index (χ3v) is 8.06. The number of amides is 2. The normalized spacial score (nSPS) is 21.3. The van der Waals surface area contributed by atoms with Crippen LogP contribution in [0.5, 0.6) is 23.0 Å². The van der Waals surface area contributed by atoms with Crippen molar-refractivity contribution >= 4 is 29.1 Å². The van der Waals surface area contributed by atoms with E-state index in [1.165, 1.54) is 7.11 Å². The van der Waals surface area contributed by atoms with Crippen molar-refractivity contribution < 1.29 is 33.6 Å². The van der Waals surface area contributed by atoms with Crippen molar-refractivity contribution in [2.24, 2.45) is 4.99 Å². The summed E-state index contributed by atoms with van der Waals surface area (Å²) in [4.78, 5) is 34.1. The van der Waals surface area contributed by atoms with Crippen molar-refractivity contribution in [1.29, 1.82) is 0 Å². The van der Waals surface area contributed by atoms with Crippen LogP contribution < -0.4 is 24.3 Å². The molecule has 2 amide bonds. The lowest BCUT2D eigenvalue weighted by atomic mass is 10.1. The zero-order chi connectivity index (χ0) is 27.8. The van der Waals surface area contributed by atoms with E-state index in [4.69, 9.17) is 18.9 Å². The van der Waals surface area contributed by atoms with Crippen LogP contribution >= 0.6 is 0 Å². The zero-order valence-corrected chi connectivity index (χ0v) is 22.8. The van der Waals surface area contributed by atoms with Gasteiger partial charge in [-0.05, 0) is 37.8 Å². The number of nitrogens with zero attached hydrogens (tertiary/aromatic N) is 3. The highest BCUT2D eigenvalue weighted by Gasteiger charge is 2.37. The van der Waals surface area contributed by atoms with Gasteiger partial charge in [0.1, 0.15) is 6.04 Å². The number of hydrogen-bond donors (Lipinski definition) is 2. The average molecular weight is 551 g/mol. The van der Waals surface area contributed by atoms with Crippen LogP contribution in [-0.4, -0.2) is 91.8 Å². The summed E-state index contributed by atoms with van der Waals surface area (Å²) in [5.41, 5.74) is 2.09. The quantitative estimate of drug-likeness (QED) is 0.476. The molecule has 4 aliphatic heterocycles. The molecule has 11 heteroatoms. The summed E-state index contributed by atoms with van der Waals surface area (Å²) in [6, 6.07) is 6.66. The van der Waals surface area contributed by atoms with Gasteiger partial charge in [-0.1, -0.05) is 0 Å². The van der Waals surface area contributed by atoms with Gasteiger partial charge in [-0.25, -0.2) is 4.99 Å². The van der Waals surface area contributed by atoms with Gasteiger partial charge in [-0.15, -0.1) is 0 Å². The maximum absolute atomic E-state index is 13.1. The van der Waals surface area contributed by atoms with Gasteiger partial charge in [0, 0.05) is 44.2 Å². The largest absolute Gasteiger partial charge is 0.495 e. The lowest BCUT2D eigenvalue weighted by Crippen LogP contribution is -2.39. The molecule has 2 fully saturated rings. The smallest absolute Gasteiger partial charge is 0.256 e. The summed E-state index contributed by atoms with van der Waals surface area (Å²) in [5.74, 6) is 1.70. The Balaban J connectivity index is 1.11. The number of benzene rings is 2. The second kappa shape index (κ2) is 10.8. The van der Waals surface area contributed by atoms with E-state index in [0.29, 0.717) is 79.0 Å². The second-order valence-corrected chi connectivity index (χ2v) is 10.4. The second-order valence-electron chi connectivity index (χ2n) is 10.4. The van der Waals surface area contributed by atoms with E-state index in [2.05, 4.69) is 10.3 Å². The molecule has 0 radical (unpaired) electrons. The van der Waals surface area contributed by atoms with Crippen LogP contribution in [0.2, 0.25) is 0 Å². The number of nitrogens with one attached hydrogen (secondary N) is 1. The van der Waals surface area contributed by atoms with Crippen molar-refractivity contribution in [3.05, 3.63) is 35.4 Å². The molecule has 4 aliphatic rings. The summed E-state index contributed by atoms with van der Waals surface area (Å²) in [5, 5.41) is 13.9. The molecular weight excluding hydrogens is 516 g/mol. The summed E-state index contributed by atoms with van der Waals surface area (Å²) >= 11 is 0. The molecule has 0 unspecified atom stereocenters. The molecule has 2 atom stereocenters. The molecule has 4 heterocycles. The third kappa shape index (κ3) is 4.63. The fourth-order valence-electron chi connectivity index (χ4n) is 5.99. The Kier molecular flexibility index (Phi) is 7.03. The number of methoxy groups -OCH3 is 2. The summed E-state index contributed by atoms with van der Waals surface area (Å²) < 4.78 is 23.1. The van der Waals surface area contributed by atoms with Crippen molar-refractivity contribution in [2.45, 2.75) is 44.2 Å². The molecule has 2 N–H and O–H groups in total. The predicted molar refractivity (Wildman–Crippen MR) is 148 cm³/mol. The van der Waals surface area contributed by atoms with Gasteiger partial charge in [0.2, 0.25) is 5.90 Å². The Morgan fingerprint density at radius 1 is 0.875 bits per heavy atom. The third-order valence-electron chi connectivity index (χ3n) is 8.06. The molecule has 0 spiro atoms. The summed E-state index contributed by atoms with van der Waals surface area (Å²) in [7, 11) is 3.08. The number of ether oxygens (including phenoxy) is 4. The fraction of sp³-hybridized carbons (Fsp3) is 0.483. The number of aliphatic imine (C=N–C) groups is 1. The first kappa shape index (κ1) is 26.1. The first-order valence-electron chi connectivity index (χ1n) is 13.8. The van der Waals surface area contributed by atoms with Gasteiger partial charge in [0.25, 0.3) is 11.8 Å². The molecule has 40 heavy (non-hydrogen) atoms. The standard InChI is InChI=1S/C29H34N4O7/c1-37-23-12-18-20(30-16-17-6-3-8-32(17)28(18)35)14-25(23)39-10-5-11-40-26-15-21-19(13-24(26)38-2)29(36)33-9-4-7-22(33)27(34)31-21/h12-15,17,22,30H,3-11,16H2,1-2H3,(H,31,34)/t17-,22-/m0/s1. The predicted octanol–water partition coefficient (Wildman–Crippen LogP) is 3.79. The lowest BCUT2D eigenvalue weighted by molar-refractivity contribution is 0.0747. The summed E-state index contributed by atoms with van der Waals surface area (Å²) in [6.45, 7) is 2.74. The van der Waals surface area contributed by atoms with Crippen molar-refractivity contribution in [3.63, 3.8) is 0 Å². The van der Waals surface area contributed by atoms with E-state index >= 15 is 0 Å². The van der Waals surface area contributed by atoms with E-state index < -0.39 is 0 Å². The van der Waals surface area contributed by atoms with Crippen molar-refractivity contribution in [2.75, 3.05) is 52.4 Å². The topological polar surface area (TPSA) is 122 Å². The molecule has 6 rings (SSSR count). The minimum atomic E-state index is -0.386. The maximum atomic E-state index is 13.1. The van der Waals surface area contributed by atoms with Crippen molar-refractivity contribution in [3.8, 4) is 23.0 Å². The average Bonchev–Trinajstić information content (AvgIpc) is 3.61. The fourth-order valence-corrected chi connectivity index (χ4v) is 5.99. The molecule has 0 bridgehead atoms. The Morgan fingerprint density at radius 2 is 1.52 bits per heavy atom. The number of hydrogen-bond acceptors (Lipinski definition) is 8. The molecule has 2 aromatic rings. The monoisotopic (exact) mass is 550 g/mol. The van der Waals surface area contributed by atoms with Gasteiger partial charge >= 0.3 is 0 Å². The Labute approximate surface area is 232 Å². The minimum absolute atomic E-state index is 0.0233. The number of rotatable bonds is 8. The van der Waals surface area contributed by atoms with E-state index in [9.17, 15) is 14.7 Å². The van der Waals surface area contributed by atoms with E-state index in [1.807, 2.05) is 11.0 Å². The van der Waals surface area contributed by atoms with E-state index in [0.717, 1.165) is 31.5 Å². The summed E-state index contributed by atoms with van der Waals surface area (Å²) in [6.07, 6.45) is 4.10. The molecule has 0 aliphatic carbocycles. The molecule has 212 valence electrons. The van der Waals surface area contributed by atoms with Gasteiger partial charge in [-0.2, -0.15) is 0 Å². The zero-order valence-electron chi connectivity index (χ0n) is 22.8. The number of aliphatic hydroxyl groups is 1. The number of carbonyl (C=O) groups is 2. The minimum Gasteiger partial charge on any atom is -0.495 e. The highest BCUT2D eigenvalue weighted by atomic mass is 16.5. The van der Waals surface area contributed by atoms with Gasteiger partial charge < -0.3 is 39.2 Å². The van der Waals surface area contributed by atoms with Crippen LogP contribution in [0, 0.1) is 0 Å². The highest BCUT2D eigenvalue weighted by molar-refractivity contribution is 6.05. The Morgan fingerprint density at radius 3 is 2.27 bits per heavy atom. The van der Waals surface area contributed by atoms with E-state index in [-0.39, 0.29) is 29.8 Å². The van der Waals surface area contributed by atoms with Gasteiger partial charge in [0.15, 0.2) is 23.0 Å². The molecule has 0 aromatic heterocycles. The van der Waals surface area contributed by atoms with Crippen LogP contribution in [0.1, 0.15) is 52.8 Å². The molecule has 0 saturated carbocycles. The SMILES string of the molecule is COc1cc2c(cc1OCCCOc1cc3c(cc1OC)C(=O)N1CCC[C@H]1CN3)N=C(O)[C@@H]1CCCN1C2=O. The highest BCUT2D eigenvalue weighted by Crippen LogP contribution is 2.39. The number of fused-ring (bicyclic) bond motifs is 4. The molecule has 2 aromatic carbocycles. The van der Waals surface area contributed by atoms with Crippen LogP contribution in [0.4, 0.5) is 11.4 Å². The molecule has 2 saturated heterocycles. The number of carbonyl (C=O) groups excluding carboxylic acids is 2. The molecular formula is C29H34N4O7. The number of aliphatic hydroxyl groups excluding tert-OH is 1. The lowest BCUT2D eigenvalue weighted by Gasteiger charge is -2.21. The van der Waals surface area contributed by atoms with Gasteiger partial charge in [0.05, 0.1) is 49.9 Å². The molecule has 11 nitrogen and oxygen atoms in total. The first-order valence-corrected chi connectivity index (χ1v) is 13.8. The first-order chi connectivity index (χ1) is 19.5. The van der Waals surface area contributed by atoms with Crippen LogP contribution in [-0.2, 0) is 0 Å². The van der Waals surface area contributed by atoms with Crippen LogP contribution in [0.3, 0.4) is 0 Å². The van der Waals surface area contributed by atoms with E-state index in [1.54, 1.807) is 30.2 Å². The Hall–Kier alpha value is -4.15. The van der Waals surface area contributed by atoms with Crippen LogP contribution in [0.25, 0.3) is 0 Å².